The van der Waals surface area contributed by atoms with Crippen LogP contribution >= 0.6 is 0 Å². The second-order valence-corrected chi connectivity index (χ2v) is 6.41. The van der Waals surface area contributed by atoms with E-state index in [2.05, 4.69) is 22.3 Å². The molecule has 5 nitrogen and oxygen atoms in total. The summed E-state index contributed by atoms with van der Waals surface area (Å²) < 4.78 is 0. The molecule has 0 fully saturated rings. The third-order valence-corrected chi connectivity index (χ3v) is 3.82. The number of benzene rings is 1. The van der Waals surface area contributed by atoms with Gasteiger partial charge in [0.15, 0.2) is 0 Å². The number of rotatable bonds is 7. The van der Waals surface area contributed by atoms with E-state index in [1.807, 2.05) is 26.0 Å². The fraction of sp³-hybridized carbons (Fsp3) is 0.529. The Labute approximate surface area is 131 Å². The lowest BCUT2D eigenvalue weighted by atomic mass is 10.0. The lowest BCUT2D eigenvalue weighted by Crippen LogP contribution is -2.42. The van der Waals surface area contributed by atoms with Gasteiger partial charge in [-0.3, -0.25) is 14.5 Å². The molecule has 0 radical (unpaired) electrons. The molecule has 1 aromatic rings. The molecule has 1 unspecified atom stereocenters. The second kappa shape index (κ2) is 7.40. The van der Waals surface area contributed by atoms with Crippen molar-refractivity contribution in [1.29, 1.82) is 0 Å². The minimum atomic E-state index is -0.875. The highest BCUT2D eigenvalue weighted by Gasteiger charge is 2.22. The second-order valence-electron chi connectivity index (χ2n) is 6.41. The molecule has 1 amide bonds. The highest BCUT2D eigenvalue weighted by atomic mass is 16.4. The molecule has 1 aromatic carbocycles. The Balaban J connectivity index is 1.85. The number of nitrogens with one attached hydrogen (secondary N) is 1. The van der Waals surface area contributed by atoms with Gasteiger partial charge in [-0.25, -0.2) is 0 Å². The number of hydrogen-bond acceptors (Lipinski definition) is 3. The molecule has 0 aromatic heterocycles. The van der Waals surface area contributed by atoms with E-state index >= 15 is 0 Å². The van der Waals surface area contributed by atoms with Crippen molar-refractivity contribution in [3.05, 3.63) is 35.4 Å². The molecule has 1 aliphatic heterocycles. The fourth-order valence-corrected chi connectivity index (χ4v) is 2.97. The van der Waals surface area contributed by atoms with Crippen LogP contribution in [0.2, 0.25) is 0 Å². The summed E-state index contributed by atoms with van der Waals surface area (Å²) in [5, 5.41) is 11.8. The first kappa shape index (κ1) is 16.5. The number of carboxylic acid groups (broad SMARTS) is 1. The van der Waals surface area contributed by atoms with Gasteiger partial charge in [0.05, 0.1) is 13.0 Å². The van der Waals surface area contributed by atoms with Crippen LogP contribution < -0.4 is 5.32 Å². The highest BCUT2D eigenvalue weighted by molar-refractivity contribution is 5.79. The van der Waals surface area contributed by atoms with Gasteiger partial charge in [0, 0.05) is 19.1 Å². The van der Waals surface area contributed by atoms with Crippen LogP contribution in [0.25, 0.3) is 0 Å². The van der Waals surface area contributed by atoms with E-state index in [1.54, 1.807) is 0 Å². The molecule has 5 heteroatoms. The molecular weight excluding hydrogens is 280 g/mol. The maximum atomic E-state index is 12.2. The van der Waals surface area contributed by atoms with Crippen LogP contribution in [0, 0.1) is 5.92 Å². The summed E-state index contributed by atoms with van der Waals surface area (Å²) in [4.78, 5) is 25.2. The first-order valence-corrected chi connectivity index (χ1v) is 7.74. The maximum absolute atomic E-state index is 12.2. The fourth-order valence-electron chi connectivity index (χ4n) is 2.97. The largest absolute Gasteiger partial charge is 0.481 e. The molecule has 0 saturated carbocycles. The van der Waals surface area contributed by atoms with Gasteiger partial charge in [-0.1, -0.05) is 38.1 Å². The summed E-state index contributed by atoms with van der Waals surface area (Å²) in [6.45, 7) is 5.91. The Morgan fingerprint density at radius 3 is 2.32 bits per heavy atom. The quantitative estimate of drug-likeness (QED) is 0.808. The van der Waals surface area contributed by atoms with Crippen LogP contribution in [0.15, 0.2) is 24.3 Å². The normalized spacial score (nSPS) is 15.6. The molecule has 1 aliphatic rings. The number of nitrogens with zero attached hydrogens (tertiary/aromatic N) is 1. The zero-order chi connectivity index (χ0) is 16.1. The summed E-state index contributed by atoms with van der Waals surface area (Å²) in [6.07, 6.45) is 0.655. The minimum Gasteiger partial charge on any atom is -0.481 e. The van der Waals surface area contributed by atoms with Crippen LogP contribution in [-0.2, 0) is 22.7 Å². The number of carbonyl (C=O) groups is 2. The Hall–Kier alpha value is -1.88. The number of aliphatic carboxylic acids is 1. The highest BCUT2D eigenvalue weighted by Crippen LogP contribution is 2.21. The topological polar surface area (TPSA) is 69.6 Å². The molecule has 1 heterocycles. The van der Waals surface area contributed by atoms with Crippen molar-refractivity contribution >= 4 is 11.9 Å². The summed E-state index contributed by atoms with van der Waals surface area (Å²) in [6, 6.07) is 7.88. The van der Waals surface area contributed by atoms with Gasteiger partial charge in [-0.15, -0.1) is 0 Å². The van der Waals surface area contributed by atoms with E-state index in [0.29, 0.717) is 18.9 Å². The summed E-state index contributed by atoms with van der Waals surface area (Å²) >= 11 is 0. The van der Waals surface area contributed by atoms with E-state index in [0.717, 1.165) is 13.1 Å². The Bertz CT molecular complexity index is 517. The van der Waals surface area contributed by atoms with Crippen molar-refractivity contribution in [3.63, 3.8) is 0 Å². The number of amides is 1. The van der Waals surface area contributed by atoms with Gasteiger partial charge in [0.1, 0.15) is 0 Å². The molecule has 0 saturated heterocycles. The van der Waals surface area contributed by atoms with Crippen LogP contribution in [-0.4, -0.2) is 34.5 Å². The van der Waals surface area contributed by atoms with Crippen molar-refractivity contribution in [2.45, 2.75) is 45.8 Å². The van der Waals surface area contributed by atoms with E-state index in [1.165, 1.54) is 11.1 Å². The first-order valence-electron chi connectivity index (χ1n) is 7.74. The SMILES string of the molecule is CC(C)CC(CC(=O)O)NC(=O)CN1Cc2ccccc2C1. The molecule has 0 aliphatic carbocycles. The maximum Gasteiger partial charge on any atom is 0.305 e. The molecule has 2 N–H and O–H groups in total. The monoisotopic (exact) mass is 304 g/mol. The Morgan fingerprint density at radius 2 is 1.82 bits per heavy atom. The van der Waals surface area contributed by atoms with Gasteiger partial charge >= 0.3 is 5.97 Å². The summed E-state index contributed by atoms with van der Waals surface area (Å²) in [5.41, 5.74) is 2.53. The third-order valence-electron chi connectivity index (χ3n) is 3.82. The number of fused-ring (bicyclic) bond motifs is 1. The van der Waals surface area contributed by atoms with Crippen molar-refractivity contribution in [1.82, 2.24) is 10.2 Å². The molecule has 0 bridgehead atoms. The standard InChI is InChI=1S/C17H24N2O3/c1-12(2)7-15(8-17(21)22)18-16(20)11-19-9-13-5-3-4-6-14(13)10-19/h3-6,12,15H,7-11H2,1-2H3,(H,18,20)(H,21,22). The third kappa shape index (κ3) is 4.84. The zero-order valence-electron chi connectivity index (χ0n) is 13.2. The van der Waals surface area contributed by atoms with Crippen LogP contribution in [0.1, 0.15) is 37.8 Å². The van der Waals surface area contributed by atoms with Crippen molar-refractivity contribution in [2.75, 3.05) is 6.54 Å². The van der Waals surface area contributed by atoms with Gasteiger partial charge in [0.2, 0.25) is 5.91 Å². The number of hydrogen-bond donors (Lipinski definition) is 2. The van der Waals surface area contributed by atoms with E-state index < -0.39 is 5.97 Å². The molecule has 1 atom stereocenters. The van der Waals surface area contributed by atoms with Gasteiger partial charge in [-0.05, 0) is 23.5 Å². The molecule has 22 heavy (non-hydrogen) atoms. The minimum absolute atomic E-state index is 0.0237. The van der Waals surface area contributed by atoms with Crippen LogP contribution in [0.4, 0.5) is 0 Å². The molecule has 120 valence electrons. The van der Waals surface area contributed by atoms with E-state index in [-0.39, 0.29) is 18.4 Å². The smallest absolute Gasteiger partial charge is 0.305 e. The van der Waals surface area contributed by atoms with Gasteiger partial charge < -0.3 is 10.4 Å². The van der Waals surface area contributed by atoms with Crippen LogP contribution in [0.5, 0.6) is 0 Å². The predicted molar refractivity (Wildman–Crippen MR) is 84.2 cm³/mol. The van der Waals surface area contributed by atoms with Crippen molar-refractivity contribution < 1.29 is 14.7 Å². The van der Waals surface area contributed by atoms with Gasteiger partial charge in [-0.2, -0.15) is 0 Å². The zero-order valence-corrected chi connectivity index (χ0v) is 13.2. The predicted octanol–water partition coefficient (Wildman–Crippen LogP) is 2.01. The molecule has 2 rings (SSSR count). The average molecular weight is 304 g/mol. The molecular formula is C17H24N2O3. The van der Waals surface area contributed by atoms with E-state index in [4.69, 9.17) is 5.11 Å². The summed E-state index contributed by atoms with van der Waals surface area (Å²) in [5.74, 6) is -0.625. The Kier molecular flexibility index (Phi) is 5.55. The lowest BCUT2D eigenvalue weighted by molar-refractivity contribution is -0.137. The Morgan fingerprint density at radius 1 is 1.23 bits per heavy atom. The first-order chi connectivity index (χ1) is 10.4. The summed E-state index contributed by atoms with van der Waals surface area (Å²) in [7, 11) is 0. The lowest BCUT2D eigenvalue weighted by Gasteiger charge is -2.21. The van der Waals surface area contributed by atoms with Gasteiger partial charge in [0.25, 0.3) is 0 Å². The number of carboxylic acids is 1. The van der Waals surface area contributed by atoms with Crippen LogP contribution in [0.3, 0.4) is 0 Å². The van der Waals surface area contributed by atoms with Crippen molar-refractivity contribution in [3.8, 4) is 0 Å². The molecule has 0 spiro atoms. The van der Waals surface area contributed by atoms with Crippen molar-refractivity contribution in [2.24, 2.45) is 5.92 Å². The average Bonchev–Trinajstić information content (AvgIpc) is 2.78. The van der Waals surface area contributed by atoms with E-state index in [9.17, 15) is 9.59 Å². The number of carbonyl (C=O) groups excluding carboxylic acids is 1.